The molecule has 5 aromatic rings. The molecule has 1 heterocycles. The number of hydrogen-bond acceptors (Lipinski definition) is 3. The van der Waals surface area contributed by atoms with Crippen LogP contribution in [0, 0.1) is 11.8 Å². The summed E-state index contributed by atoms with van der Waals surface area (Å²) in [7, 11) is 0. The fraction of sp³-hybridized carbons (Fsp3) is 0.222. The molecule has 238 valence electrons. The topological polar surface area (TPSA) is 38.7 Å². The van der Waals surface area contributed by atoms with Gasteiger partial charge < -0.3 is 0 Å². The van der Waals surface area contributed by atoms with E-state index in [4.69, 9.17) is 15.0 Å². The van der Waals surface area contributed by atoms with Crippen molar-refractivity contribution in [2.45, 2.75) is 52.9 Å². The van der Waals surface area contributed by atoms with E-state index >= 15 is 0 Å². The second-order valence-corrected chi connectivity index (χ2v) is 13.9. The van der Waals surface area contributed by atoms with Crippen LogP contribution in [0.15, 0.2) is 134 Å². The summed E-state index contributed by atoms with van der Waals surface area (Å²) in [5.74, 6) is 3.00. The maximum atomic E-state index is 5.05. The normalized spacial score (nSPS) is 18.2. The van der Waals surface area contributed by atoms with Crippen LogP contribution in [-0.2, 0) is 5.41 Å². The number of nitrogens with zero attached hydrogens (tertiary/aromatic N) is 3. The van der Waals surface area contributed by atoms with Crippen molar-refractivity contribution in [3.05, 3.63) is 162 Å². The van der Waals surface area contributed by atoms with Gasteiger partial charge in [0.15, 0.2) is 17.5 Å². The lowest BCUT2D eigenvalue weighted by molar-refractivity contribution is 0.637. The minimum Gasteiger partial charge on any atom is -0.208 e. The molecule has 0 aliphatic heterocycles. The summed E-state index contributed by atoms with van der Waals surface area (Å²) in [5.41, 5.74) is 12.2. The van der Waals surface area contributed by atoms with Gasteiger partial charge in [-0.05, 0) is 63.8 Å². The molecule has 3 heteroatoms. The highest BCUT2D eigenvalue weighted by Gasteiger charge is 2.35. The number of hydrogen-bond donors (Lipinski definition) is 0. The SMILES string of the molecule is C/C=C(\C=C/C(C)C)c1nc(C2=CC(c3cccc(-c4ccc5c(c4)C(C)(C)c4ccccc4-5)c3)C(C)C=C2)nc(-c2ccccc2)n1. The summed E-state index contributed by atoms with van der Waals surface area (Å²) in [4.78, 5) is 15.0. The number of allylic oxidation sites excluding steroid dienone is 8. The quantitative estimate of drug-likeness (QED) is 0.169. The van der Waals surface area contributed by atoms with E-state index in [0.29, 0.717) is 29.3 Å². The van der Waals surface area contributed by atoms with Crippen molar-refractivity contribution in [3.63, 3.8) is 0 Å². The van der Waals surface area contributed by atoms with E-state index < -0.39 is 0 Å². The lowest BCUT2D eigenvalue weighted by Crippen LogP contribution is -2.14. The third-order valence-electron chi connectivity index (χ3n) is 9.85. The highest BCUT2D eigenvalue weighted by molar-refractivity contribution is 5.84. The molecule has 0 fully saturated rings. The summed E-state index contributed by atoms with van der Waals surface area (Å²) in [6.07, 6.45) is 13.2. The Morgan fingerprint density at radius 3 is 2.23 bits per heavy atom. The zero-order valence-electron chi connectivity index (χ0n) is 28.8. The van der Waals surface area contributed by atoms with Crippen molar-refractivity contribution in [3.8, 4) is 33.6 Å². The minimum absolute atomic E-state index is 0.0285. The van der Waals surface area contributed by atoms with E-state index in [-0.39, 0.29) is 11.3 Å². The molecule has 0 spiro atoms. The Balaban J connectivity index is 1.27. The summed E-state index contributed by atoms with van der Waals surface area (Å²) in [5, 5.41) is 0. The van der Waals surface area contributed by atoms with Crippen LogP contribution in [0.3, 0.4) is 0 Å². The number of aromatic nitrogens is 3. The Labute approximate surface area is 285 Å². The number of benzene rings is 4. The molecule has 0 amide bonds. The molecule has 48 heavy (non-hydrogen) atoms. The van der Waals surface area contributed by atoms with Crippen molar-refractivity contribution in [1.82, 2.24) is 15.0 Å². The van der Waals surface area contributed by atoms with Crippen LogP contribution in [0.5, 0.6) is 0 Å². The number of rotatable bonds is 7. The van der Waals surface area contributed by atoms with Crippen LogP contribution in [-0.4, -0.2) is 15.0 Å². The van der Waals surface area contributed by atoms with E-state index in [9.17, 15) is 0 Å². The molecule has 0 radical (unpaired) electrons. The molecule has 0 saturated carbocycles. The molecule has 0 N–H and O–H groups in total. The Morgan fingerprint density at radius 2 is 1.44 bits per heavy atom. The van der Waals surface area contributed by atoms with Crippen molar-refractivity contribution < 1.29 is 0 Å². The monoisotopic (exact) mass is 625 g/mol. The van der Waals surface area contributed by atoms with E-state index in [0.717, 1.165) is 16.7 Å². The summed E-state index contributed by atoms with van der Waals surface area (Å²) < 4.78 is 0. The molecular weight excluding hydrogens is 583 g/mol. The maximum absolute atomic E-state index is 5.05. The molecule has 7 rings (SSSR count). The fourth-order valence-corrected chi connectivity index (χ4v) is 7.08. The molecule has 4 aromatic carbocycles. The molecule has 0 bridgehead atoms. The van der Waals surface area contributed by atoms with Crippen molar-refractivity contribution >= 4 is 11.1 Å². The molecule has 3 nitrogen and oxygen atoms in total. The molecule has 2 aliphatic rings. The maximum Gasteiger partial charge on any atom is 0.164 e. The largest absolute Gasteiger partial charge is 0.208 e. The van der Waals surface area contributed by atoms with Gasteiger partial charge in [-0.3, -0.25) is 0 Å². The predicted molar refractivity (Wildman–Crippen MR) is 201 cm³/mol. The highest BCUT2D eigenvalue weighted by Crippen LogP contribution is 2.49. The average Bonchev–Trinajstić information content (AvgIpc) is 3.34. The molecule has 2 aliphatic carbocycles. The minimum atomic E-state index is -0.0285. The van der Waals surface area contributed by atoms with E-state index in [1.807, 2.05) is 25.1 Å². The average molecular weight is 626 g/mol. The Kier molecular flexibility index (Phi) is 8.39. The molecule has 2 unspecified atom stereocenters. The first kappa shape index (κ1) is 31.4. The lowest BCUT2D eigenvalue weighted by atomic mass is 9.80. The Bertz CT molecular complexity index is 2110. The lowest BCUT2D eigenvalue weighted by Gasteiger charge is -2.24. The Morgan fingerprint density at radius 1 is 0.729 bits per heavy atom. The fourth-order valence-electron chi connectivity index (χ4n) is 7.08. The first-order valence-electron chi connectivity index (χ1n) is 17.1. The first-order chi connectivity index (χ1) is 23.2. The Hall–Kier alpha value is -5.15. The van der Waals surface area contributed by atoms with Crippen molar-refractivity contribution in [2.24, 2.45) is 11.8 Å². The summed E-state index contributed by atoms with van der Waals surface area (Å²) >= 11 is 0. The van der Waals surface area contributed by atoms with E-state index in [1.54, 1.807) is 0 Å². The van der Waals surface area contributed by atoms with Gasteiger partial charge in [0.2, 0.25) is 0 Å². The van der Waals surface area contributed by atoms with Crippen LogP contribution in [0.25, 0.3) is 44.8 Å². The van der Waals surface area contributed by atoms with Gasteiger partial charge in [-0.2, -0.15) is 0 Å². The van der Waals surface area contributed by atoms with Crippen LogP contribution >= 0.6 is 0 Å². The molecule has 2 atom stereocenters. The summed E-state index contributed by atoms with van der Waals surface area (Å²) in [6.45, 7) is 13.4. The zero-order chi connectivity index (χ0) is 33.4. The van der Waals surface area contributed by atoms with Crippen LogP contribution in [0.2, 0.25) is 0 Å². The van der Waals surface area contributed by atoms with Crippen molar-refractivity contribution in [2.75, 3.05) is 0 Å². The smallest absolute Gasteiger partial charge is 0.164 e. The third kappa shape index (κ3) is 5.90. The van der Waals surface area contributed by atoms with Crippen LogP contribution < -0.4 is 0 Å². The molecule has 0 saturated heterocycles. The third-order valence-corrected chi connectivity index (χ3v) is 9.85. The van der Waals surface area contributed by atoms with Gasteiger partial charge in [-0.15, -0.1) is 0 Å². The second kappa shape index (κ2) is 12.8. The standard InChI is InChI=1S/C45H43N3/c1-7-31(22-20-29(2)3)42-46-43(32-14-9-8-10-15-32)48-44(47-42)36-23-21-30(4)39(27-36)35-17-13-16-33(26-35)34-24-25-38-37-18-11-12-19-40(37)45(5,6)41(38)28-34/h7-30,39H,1-6H3/b22-20-,31-7+. The van der Waals surface area contributed by atoms with Crippen LogP contribution in [0.4, 0.5) is 0 Å². The predicted octanol–water partition coefficient (Wildman–Crippen LogP) is 11.5. The zero-order valence-corrected chi connectivity index (χ0v) is 28.8. The van der Waals surface area contributed by atoms with E-state index in [1.165, 1.54) is 38.9 Å². The van der Waals surface area contributed by atoms with Crippen LogP contribution in [0.1, 0.15) is 75.8 Å². The summed E-state index contributed by atoms with van der Waals surface area (Å²) in [6, 6.07) is 35.1. The second-order valence-electron chi connectivity index (χ2n) is 13.9. The molecule has 1 aromatic heterocycles. The van der Waals surface area contributed by atoms with Crippen molar-refractivity contribution in [1.29, 1.82) is 0 Å². The van der Waals surface area contributed by atoms with E-state index in [2.05, 4.69) is 150 Å². The van der Waals surface area contributed by atoms with Gasteiger partial charge in [0.25, 0.3) is 0 Å². The van der Waals surface area contributed by atoms with Gasteiger partial charge in [-0.25, -0.2) is 15.0 Å². The van der Waals surface area contributed by atoms with Gasteiger partial charge >= 0.3 is 0 Å². The molecular formula is C45H43N3. The number of fused-ring (bicyclic) bond motifs is 3. The highest BCUT2D eigenvalue weighted by atomic mass is 15.0. The van der Waals surface area contributed by atoms with Gasteiger partial charge in [0.1, 0.15) is 0 Å². The van der Waals surface area contributed by atoms with Gasteiger partial charge in [0, 0.05) is 28.0 Å². The van der Waals surface area contributed by atoms with Gasteiger partial charge in [-0.1, -0.05) is 162 Å². The first-order valence-corrected chi connectivity index (χ1v) is 17.1. The van der Waals surface area contributed by atoms with Gasteiger partial charge in [0.05, 0.1) is 0 Å².